The van der Waals surface area contributed by atoms with Crippen LogP contribution in [0, 0.1) is 0 Å². The number of nitrogens with zero attached hydrogens (tertiary/aromatic N) is 1. The van der Waals surface area contributed by atoms with Crippen molar-refractivity contribution in [1.82, 2.24) is 10.2 Å². The molecule has 0 bridgehead atoms. The van der Waals surface area contributed by atoms with Crippen LogP contribution in [0.1, 0.15) is 18.5 Å². The minimum atomic E-state index is -0.273. The molecule has 3 N–H and O–H groups in total. The number of benzene rings is 1. The molecule has 0 radical (unpaired) electrons. The van der Waals surface area contributed by atoms with E-state index in [0.717, 1.165) is 5.56 Å². The summed E-state index contributed by atoms with van der Waals surface area (Å²) in [5, 5.41) is 2.90. The lowest BCUT2D eigenvalue weighted by Gasteiger charge is -2.25. The van der Waals surface area contributed by atoms with Gasteiger partial charge in [-0.3, -0.25) is 9.69 Å². The van der Waals surface area contributed by atoms with E-state index in [-0.39, 0.29) is 18.0 Å². The largest absolute Gasteiger partial charge is 0.351 e. The summed E-state index contributed by atoms with van der Waals surface area (Å²) < 4.78 is 0. The van der Waals surface area contributed by atoms with Crippen molar-refractivity contribution in [2.24, 2.45) is 5.73 Å². The molecule has 0 aromatic heterocycles. The normalized spacial score (nSPS) is 14.4. The molecule has 0 heterocycles. The number of rotatable bonds is 5. The number of amides is 1. The van der Waals surface area contributed by atoms with Crippen LogP contribution in [-0.2, 0) is 4.79 Å². The molecular formula is C13H21N3O. The minimum absolute atomic E-state index is 0.00587. The van der Waals surface area contributed by atoms with Crippen molar-refractivity contribution in [2.45, 2.75) is 19.0 Å². The second-order valence-electron chi connectivity index (χ2n) is 4.42. The van der Waals surface area contributed by atoms with Crippen LogP contribution in [0.15, 0.2) is 30.3 Å². The monoisotopic (exact) mass is 235 g/mol. The molecule has 0 saturated heterocycles. The van der Waals surface area contributed by atoms with Crippen molar-refractivity contribution < 1.29 is 4.79 Å². The van der Waals surface area contributed by atoms with Crippen LogP contribution in [-0.4, -0.2) is 37.5 Å². The van der Waals surface area contributed by atoms with Crippen LogP contribution in [0.5, 0.6) is 0 Å². The second-order valence-corrected chi connectivity index (χ2v) is 4.42. The number of nitrogens with one attached hydrogen (secondary N) is 1. The molecule has 0 aliphatic rings. The first kappa shape index (κ1) is 13.7. The minimum Gasteiger partial charge on any atom is -0.351 e. The standard InChI is InChI=1S/C13H21N3O/c1-10(9-14)15-13(17)12(16(2)3)11-7-5-4-6-8-11/h4-8,10,12H,9,14H2,1-3H3,(H,15,17)/t10-,12?/m0/s1. The third-order valence-corrected chi connectivity index (χ3v) is 2.62. The molecule has 4 heteroatoms. The SMILES string of the molecule is C[C@@H](CN)NC(=O)C(c1ccccc1)N(C)C. The van der Waals surface area contributed by atoms with Crippen LogP contribution >= 0.6 is 0 Å². The molecule has 0 aliphatic carbocycles. The summed E-state index contributed by atoms with van der Waals surface area (Å²) in [5.74, 6) is -0.0147. The highest BCUT2D eigenvalue weighted by molar-refractivity contribution is 5.83. The lowest BCUT2D eigenvalue weighted by molar-refractivity contribution is -0.126. The predicted molar refractivity (Wildman–Crippen MR) is 69.5 cm³/mol. The van der Waals surface area contributed by atoms with Gasteiger partial charge < -0.3 is 11.1 Å². The predicted octanol–water partition coefficient (Wildman–Crippen LogP) is 0.753. The molecule has 0 aliphatic heterocycles. The Kier molecular flexibility index (Phi) is 5.12. The van der Waals surface area contributed by atoms with Crippen molar-refractivity contribution in [3.8, 4) is 0 Å². The van der Waals surface area contributed by atoms with Crippen molar-refractivity contribution in [3.05, 3.63) is 35.9 Å². The Morgan fingerprint density at radius 3 is 2.41 bits per heavy atom. The third-order valence-electron chi connectivity index (χ3n) is 2.62. The number of nitrogens with two attached hydrogens (primary N) is 1. The van der Waals surface area contributed by atoms with Gasteiger partial charge in [-0.15, -0.1) is 0 Å². The van der Waals surface area contributed by atoms with E-state index >= 15 is 0 Å². The lowest BCUT2D eigenvalue weighted by Crippen LogP contribution is -2.44. The highest BCUT2D eigenvalue weighted by atomic mass is 16.2. The second kappa shape index (κ2) is 6.37. The van der Waals surface area contributed by atoms with Crippen LogP contribution < -0.4 is 11.1 Å². The Balaban J connectivity index is 2.84. The first-order chi connectivity index (χ1) is 8.06. The Bertz CT molecular complexity index is 351. The summed E-state index contributed by atoms with van der Waals surface area (Å²) in [6, 6.07) is 9.45. The maximum Gasteiger partial charge on any atom is 0.242 e. The van der Waals surface area contributed by atoms with Gasteiger partial charge in [0, 0.05) is 12.6 Å². The highest BCUT2D eigenvalue weighted by Crippen LogP contribution is 2.17. The number of carbonyl (C=O) groups is 1. The van der Waals surface area contributed by atoms with Gasteiger partial charge in [-0.1, -0.05) is 30.3 Å². The summed E-state index contributed by atoms with van der Waals surface area (Å²) in [4.78, 5) is 14.0. The molecule has 2 atom stereocenters. The number of hydrogen-bond acceptors (Lipinski definition) is 3. The maximum absolute atomic E-state index is 12.1. The first-order valence-corrected chi connectivity index (χ1v) is 5.78. The van der Waals surface area contributed by atoms with E-state index in [1.165, 1.54) is 0 Å². The van der Waals surface area contributed by atoms with Crippen molar-refractivity contribution in [3.63, 3.8) is 0 Å². The molecule has 1 rings (SSSR count). The molecule has 94 valence electrons. The molecule has 0 saturated carbocycles. The lowest BCUT2D eigenvalue weighted by atomic mass is 10.1. The van der Waals surface area contributed by atoms with E-state index in [1.54, 1.807) is 0 Å². The molecule has 1 aromatic carbocycles. The third kappa shape index (κ3) is 3.84. The zero-order chi connectivity index (χ0) is 12.8. The number of likely N-dealkylation sites (N-methyl/N-ethyl adjacent to an activating group) is 1. The van der Waals surface area contributed by atoms with Crippen molar-refractivity contribution in [1.29, 1.82) is 0 Å². The zero-order valence-electron chi connectivity index (χ0n) is 10.7. The summed E-state index contributed by atoms with van der Waals surface area (Å²) in [6.45, 7) is 2.34. The van der Waals surface area contributed by atoms with E-state index in [4.69, 9.17) is 5.73 Å². The van der Waals surface area contributed by atoms with E-state index < -0.39 is 0 Å². The van der Waals surface area contributed by atoms with E-state index in [9.17, 15) is 4.79 Å². The van der Waals surface area contributed by atoms with E-state index in [1.807, 2.05) is 56.3 Å². The van der Waals surface area contributed by atoms with Crippen LogP contribution in [0.3, 0.4) is 0 Å². The van der Waals surface area contributed by atoms with E-state index in [2.05, 4.69) is 5.32 Å². The molecule has 1 unspecified atom stereocenters. The van der Waals surface area contributed by atoms with Gasteiger partial charge >= 0.3 is 0 Å². The van der Waals surface area contributed by atoms with E-state index in [0.29, 0.717) is 6.54 Å². The quantitative estimate of drug-likeness (QED) is 0.792. The molecule has 1 aromatic rings. The number of carbonyl (C=O) groups excluding carboxylic acids is 1. The fourth-order valence-electron chi connectivity index (χ4n) is 1.70. The smallest absolute Gasteiger partial charge is 0.242 e. The maximum atomic E-state index is 12.1. The van der Waals surface area contributed by atoms with Gasteiger partial charge in [-0.2, -0.15) is 0 Å². The summed E-state index contributed by atoms with van der Waals surface area (Å²) in [5.41, 5.74) is 6.49. The molecular weight excluding hydrogens is 214 g/mol. The Morgan fingerprint density at radius 2 is 1.94 bits per heavy atom. The van der Waals surface area contributed by atoms with Crippen LogP contribution in [0.2, 0.25) is 0 Å². The first-order valence-electron chi connectivity index (χ1n) is 5.78. The molecule has 1 amide bonds. The topological polar surface area (TPSA) is 58.4 Å². The molecule has 17 heavy (non-hydrogen) atoms. The van der Waals surface area contributed by atoms with Gasteiger partial charge in [0.1, 0.15) is 6.04 Å². The fraction of sp³-hybridized carbons (Fsp3) is 0.462. The molecule has 0 spiro atoms. The van der Waals surface area contributed by atoms with Gasteiger partial charge in [-0.25, -0.2) is 0 Å². The van der Waals surface area contributed by atoms with Crippen molar-refractivity contribution >= 4 is 5.91 Å². The summed E-state index contributed by atoms with van der Waals surface area (Å²) in [6.07, 6.45) is 0. The average molecular weight is 235 g/mol. The Labute approximate surface area is 103 Å². The van der Waals surface area contributed by atoms with Crippen LogP contribution in [0.25, 0.3) is 0 Å². The summed E-state index contributed by atoms with van der Waals surface area (Å²) in [7, 11) is 3.79. The molecule has 0 fully saturated rings. The Morgan fingerprint density at radius 1 is 1.35 bits per heavy atom. The van der Waals surface area contributed by atoms with Crippen molar-refractivity contribution in [2.75, 3.05) is 20.6 Å². The van der Waals surface area contributed by atoms with Gasteiger partial charge in [0.15, 0.2) is 0 Å². The highest BCUT2D eigenvalue weighted by Gasteiger charge is 2.23. The fourth-order valence-corrected chi connectivity index (χ4v) is 1.70. The van der Waals surface area contributed by atoms with Gasteiger partial charge in [0.05, 0.1) is 0 Å². The molecule has 4 nitrogen and oxygen atoms in total. The average Bonchev–Trinajstić information content (AvgIpc) is 2.29. The van der Waals surface area contributed by atoms with Gasteiger partial charge in [-0.05, 0) is 26.6 Å². The summed E-state index contributed by atoms with van der Waals surface area (Å²) >= 11 is 0. The number of hydrogen-bond donors (Lipinski definition) is 2. The Hall–Kier alpha value is -1.39. The zero-order valence-corrected chi connectivity index (χ0v) is 10.7. The van der Waals surface area contributed by atoms with Crippen LogP contribution in [0.4, 0.5) is 0 Å². The van der Waals surface area contributed by atoms with Gasteiger partial charge in [0.25, 0.3) is 0 Å². The van der Waals surface area contributed by atoms with Gasteiger partial charge in [0.2, 0.25) is 5.91 Å².